The highest BCUT2D eigenvalue weighted by Crippen LogP contribution is 2.10. The Bertz CT molecular complexity index is 320. The molecule has 0 saturated carbocycles. The number of unbranched alkanes of at least 4 members (excludes halogenated alkanes) is 9. The van der Waals surface area contributed by atoms with E-state index in [9.17, 15) is 13.5 Å². The summed E-state index contributed by atoms with van der Waals surface area (Å²) in [6.07, 6.45) is 11.7. The van der Waals surface area contributed by atoms with Crippen LogP contribution < -0.4 is 5.32 Å². The first-order valence-electron chi connectivity index (χ1n) is 8.29. The van der Waals surface area contributed by atoms with E-state index in [4.69, 9.17) is 4.55 Å². The second-order valence-corrected chi connectivity index (χ2v) is 7.29. The molecule has 0 aromatic rings. The van der Waals surface area contributed by atoms with Crippen LogP contribution in [-0.2, 0) is 10.1 Å². The van der Waals surface area contributed by atoms with Crippen LogP contribution in [0.5, 0.6) is 0 Å². The maximum Gasteiger partial charge on any atom is 0.267 e. The second kappa shape index (κ2) is 13.5. The normalized spacial score (nSPS) is 13.5. The van der Waals surface area contributed by atoms with Crippen LogP contribution in [0, 0.1) is 0 Å². The molecule has 3 N–H and O–H groups in total. The number of nitrogens with one attached hydrogen (secondary N) is 1. The summed E-state index contributed by atoms with van der Waals surface area (Å²) >= 11 is 0. The number of aliphatic hydroxyl groups excluding tert-OH is 1. The molecule has 5 nitrogen and oxygen atoms in total. The van der Waals surface area contributed by atoms with Gasteiger partial charge in [0, 0.05) is 6.54 Å². The minimum absolute atomic E-state index is 0.206. The molecular formula is C15H33NO4S. The number of rotatable bonds is 15. The molecule has 0 saturated heterocycles. The largest absolute Gasteiger partial charge is 0.391 e. The van der Waals surface area contributed by atoms with Crippen LogP contribution in [0.1, 0.15) is 71.1 Å². The summed E-state index contributed by atoms with van der Waals surface area (Å²) in [6, 6.07) is 0. The molecule has 0 heterocycles. The van der Waals surface area contributed by atoms with Crippen molar-refractivity contribution < 1.29 is 18.1 Å². The Labute approximate surface area is 130 Å². The van der Waals surface area contributed by atoms with Gasteiger partial charge in [-0.15, -0.1) is 0 Å². The van der Waals surface area contributed by atoms with Gasteiger partial charge in [-0.25, -0.2) is 0 Å². The number of aliphatic hydroxyl groups is 1. The van der Waals surface area contributed by atoms with Gasteiger partial charge in [-0.1, -0.05) is 64.7 Å². The molecule has 0 rings (SSSR count). The molecule has 128 valence electrons. The zero-order chi connectivity index (χ0) is 16.0. The smallest absolute Gasteiger partial charge is 0.267 e. The Morgan fingerprint density at radius 3 is 1.86 bits per heavy atom. The van der Waals surface area contributed by atoms with Crippen LogP contribution in [0.4, 0.5) is 0 Å². The van der Waals surface area contributed by atoms with Crippen molar-refractivity contribution in [3.63, 3.8) is 0 Å². The third-order valence-corrected chi connectivity index (χ3v) is 4.30. The van der Waals surface area contributed by atoms with Crippen LogP contribution in [0.2, 0.25) is 0 Å². The molecule has 0 radical (unpaired) electrons. The predicted octanol–water partition coefficient (Wildman–Crippen LogP) is 2.75. The number of hydrogen-bond acceptors (Lipinski definition) is 4. The van der Waals surface area contributed by atoms with Crippen molar-refractivity contribution in [2.45, 2.75) is 77.2 Å². The van der Waals surface area contributed by atoms with Crippen LogP contribution in [-0.4, -0.2) is 43.0 Å². The summed E-state index contributed by atoms with van der Waals surface area (Å²) < 4.78 is 29.6. The first kappa shape index (κ1) is 20.8. The first-order valence-corrected chi connectivity index (χ1v) is 9.90. The monoisotopic (exact) mass is 323 g/mol. The molecule has 0 aliphatic carbocycles. The van der Waals surface area contributed by atoms with Crippen molar-refractivity contribution in [1.82, 2.24) is 5.32 Å². The van der Waals surface area contributed by atoms with Gasteiger partial charge >= 0.3 is 0 Å². The average Bonchev–Trinajstić information content (AvgIpc) is 2.38. The van der Waals surface area contributed by atoms with Gasteiger partial charge in [0.15, 0.2) is 0 Å². The summed E-state index contributed by atoms with van der Waals surface area (Å²) in [5.74, 6) is -0.599. The highest BCUT2D eigenvalue weighted by atomic mass is 32.2. The SMILES string of the molecule is CCCCCCCCCCCCNCC(O)CS(=O)(=O)O. The average molecular weight is 323 g/mol. The third kappa shape index (κ3) is 17.8. The second-order valence-electron chi connectivity index (χ2n) is 5.79. The Balaban J connectivity index is 3.19. The van der Waals surface area contributed by atoms with E-state index >= 15 is 0 Å². The zero-order valence-corrected chi connectivity index (χ0v) is 14.2. The van der Waals surface area contributed by atoms with Crippen molar-refractivity contribution >= 4 is 10.1 Å². The van der Waals surface area contributed by atoms with E-state index in [1.54, 1.807) is 0 Å². The predicted molar refractivity (Wildman–Crippen MR) is 87.1 cm³/mol. The highest BCUT2D eigenvalue weighted by molar-refractivity contribution is 7.85. The van der Waals surface area contributed by atoms with Gasteiger partial charge in [-0.3, -0.25) is 4.55 Å². The fourth-order valence-electron chi connectivity index (χ4n) is 2.31. The van der Waals surface area contributed by atoms with Gasteiger partial charge in [-0.05, 0) is 13.0 Å². The lowest BCUT2D eigenvalue weighted by Gasteiger charge is -2.10. The summed E-state index contributed by atoms with van der Waals surface area (Å²) in [4.78, 5) is 0. The van der Waals surface area contributed by atoms with E-state index in [0.717, 1.165) is 19.4 Å². The molecule has 0 aliphatic rings. The van der Waals surface area contributed by atoms with Crippen molar-refractivity contribution in [3.8, 4) is 0 Å². The molecule has 0 aromatic carbocycles. The standard InChI is InChI=1S/C15H33NO4S/c1-2-3-4-5-6-7-8-9-10-11-12-16-13-15(17)14-21(18,19)20/h15-17H,2-14H2,1H3,(H,18,19,20). The molecular weight excluding hydrogens is 290 g/mol. The molecule has 0 aliphatic heterocycles. The molecule has 0 aromatic heterocycles. The van der Waals surface area contributed by atoms with Crippen LogP contribution >= 0.6 is 0 Å². The third-order valence-electron chi connectivity index (χ3n) is 3.49. The van der Waals surface area contributed by atoms with E-state index in [1.165, 1.54) is 51.4 Å². The molecule has 0 spiro atoms. The zero-order valence-electron chi connectivity index (χ0n) is 13.4. The Morgan fingerprint density at radius 2 is 1.38 bits per heavy atom. The summed E-state index contributed by atoms with van der Waals surface area (Å²) in [6.45, 7) is 3.21. The molecule has 0 fully saturated rings. The van der Waals surface area contributed by atoms with Gasteiger partial charge in [-0.2, -0.15) is 8.42 Å². The minimum Gasteiger partial charge on any atom is -0.391 e. The Kier molecular flexibility index (Phi) is 13.4. The van der Waals surface area contributed by atoms with Crippen molar-refractivity contribution in [2.75, 3.05) is 18.8 Å². The molecule has 0 bridgehead atoms. The van der Waals surface area contributed by atoms with E-state index in [0.29, 0.717) is 0 Å². The maximum absolute atomic E-state index is 10.5. The lowest BCUT2D eigenvalue weighted by molar-refractivity contribution is 0.191. The first-order chi connectivity index (χ1) is 9.95. The van der Waals surface area contributed by atoms with E-state index in [1.807, 2.05) is 0 Å². The molecule has 0 amide bonds. The van der Waals surface area contributed by atoms with Crippen molar-refractivity contribution in [1.29, 1.82) is 0 Å². The lowest BCUT2D eigenvalue weighted by Crippen LogP contribution is -2.32. The molecule has 6 heteroatoms. The van der Waals surface area contributed by atoms with Gasteiger partial charge in [0.25, 0.3) is 10.1 Å². The van der Waals surface area contributed by atoms with Gasteiger partial charge in [0.05, 0.1) is 6.10 Å². The van der Waals surface area contributed by atoms with Gasteiger partial charge < -0.3 is 10.4 Å². The number of hydrogen-bond donors (Lipinski definition) is 3. The topological polar surface area (TPSA) is 86.6 Å². The van der Waals surface area contributed by atoms with Gasteiger partial charge in [0.2, 0.25) is 0 Å². The Morgan fingerprint density at radius 1 is 0.905 bits per heavy atom. The van der Waals surface area contributed by atoms with E-state index < -0.39 is 22.0 Å². The van der Waals surface area contributed by atoms with Crippen molar-refractivity contribution in [3.05, 3.63) is 0 Å². The van der Waals surface area contributed by atoms with Crippen LogP contribution in [0.15, 0.2) is 0 Å². The van der Waals surface area contributed by atoms with Crippen molar-refractivity contribution in [2.24, 2.45) is 0 Å². The highest BCUT2D eigenvalue weighted by Gasteiger charge is 2.12. The lowest BCUT2D eigenvalue weighted by atomic mass is 10.1. The minimum atomic E-state index is -4.08. The van der Waals surface area contributed by atoms with Crippen LogP contribution in [0.25, 0.3) is 0 Å². The van der Waals surface area contributed by atoms with E-state index in [2.05, 4.69) is 12.2 Å². The maximum atomic E-state index is 10.5. The van der Waals surface area contributed by atoms with Gasteiger partial charge in [0.1, 0.15) is 5.75 Å². The molecule has 21 heavy (non-hydrogen) atoms. The van der Waals surface area contributed by atoms with Crippen LogP contribution in [0.3, 0.4) is 0 Å². The fourth-order valence-corrected chi connectivity index (χ4v) is 2.91. The quantitative estimate of drug-likeness (QED) is 0.319. The Hall–Kier alpha value is -0.170. The fraction of sp³-hybridized carbons (Fsp3) is 1.00. The summed E-state index contributed by atoms with van der Waals surface area (Å²) in [5.41, 5.74) is 0. The molecule has 1 unspecified atom stereocenters. The summed E-state index contributed by atoms with van der Waals surface area (Å²) in [5, 5.41) is 12.4. The summed E-state index contributed by atoms with van der Waals surface area (Å²) in [7, 11) is -4.08. The van der Waals surface area contributed by atoms with E-state index in [-0.39, 0.29) is 6.54 Å². The molecule has 1 atom stereocenters.